The number of oxazole rings is 1. The zero-order valence-electron chi connectivity index (χ0n) is 15.7. The van der Waals surface area contributed by atoms with E-state index in [9.17, 15) is 5.11 Å². The molecule has 0 radical (unpaired) electrons. The lowest BCUT2D eigenvalue weighted by Crippen LogP contribution is -2.52. The number of rotatable bonds is 4. The number of aromatic nitrogens is 4. The zero-order chi connectivity index (χ0) is 19.1. The average Bonchev–Trinajstić information content (AvgIpc) is 3.49. The summed E-state index contributed by atoms with van der Waals surface area (Å²) in [4.78, 5) is 10.9. The molecule has 1 atom stereocenters. The van der Waals surface area contributed by atoms with Crippen LogP contribution in [0.2, 0.25) is 0 Å². The summed E-state index contributed by atoms with van der Waals surface area (Å²) in [6.07, 6.45) is 5.94. The Morgan fingerprint density at radius 2 is 2.07 bits per heavy atom. The van der Waals surface area contributed by atoms with Gasteiger partial charge in [0.15, 0.2) is 0 Å². The fourth-order valence-corrected chi connectivity index (χ4v) is 3.68. The average molecular weight is 378 g/mol. The molecule has 3 heterocycles. The molecular weight excluding hydrogens is 356 g/mol. The molecule has 3 aromatic rings. The first-order valence-electron chi connectivity index (χ1n) is 9.61. The Balaban J connectivity index is 1.35. The summed E-state index contributed by atoms with van der Waals surface area (Å²) in [5.74, 6) is 2.72. The van der Waals surface area contributed by atoms with Crippen LogP contribution in [0.4, 0.5) is 5.95 Å². The third kappa shape index (κ3) is 3.31. The quantitative estimate of drug-likeness (QED) is 0.714. The third-order valence-corrected chi connectivity index (χ3v) is 5.37. The van der Waals surface area contributed by atoms with E-state index in [0.29, 0.717) is 34.7 Å². The van der Waals surface area contributed by atoms with E-state index in [1.807, 2.05) is 13.0 Å². The van der Waals surface area contributed by atoms with Crippen LogP contribution in [0.5, 0.6) is 5.75 Å². The normalized spacial score (nSPS) is 19.8. The minimum absolute atomic E-state index is 0.0909. The van der Waals surface area contributed by atoms with Crippen LogP contribution < -0.4 is 10.2 Å². The number of nitrogens with zero attached hydrogens (tertiary/aromatic N) is 5. The first-order chi connectivity index (χ1) is 13.7. The molecule has 0 amide bonds. The minimum atomic E-state index is 0.0909. The number of aromatic hydroxyl groups is 1. The van der Waals surface area contributed by atoms with Crippen molar-refractivity contribution in [1.82, 2.24) is 25.5 Å². The molecule has 1 saturated carbocycles. The predicted octanol–water partition coefficient (Wildman–Crippen LogP) is 2.40. The van der Waals surface area contributed by atoms with Gasteiger partial charge in [-0.25, -0.2) is 9.97 Å². The Bertz CT molecular complexity index is 983. The Labute approximate surface area is 162 Å². The molecule has 2 aromatic heterocycles. The SMILES string of the molecule is Cc1cnc(-c2ccc(-c3cnc(N4CCN[C@@H](C5CC5)C4)nn3)c(O)c2)o1. The van der Waals surface area contributed by atoms with Crippen LogP contribution in [0.25, 0.3) is 22.7 Å². The van der Waals surface area contributed by atoms with Gasteiger partial charge in [0.05, 0.1) is 12.4 Å². The van der Waals surface area contributed by atoms with Crippen molar-refractivity contribution in [3.8, 4) is 28.5 Å². The molecule has 1 aliphatic carbocycles. The van der Waals surface area contributed by atoms with Gasteiger partial charge in [-0.3, -0.25) is 0 Å². The summed E-state index contributed by atoms with van der Waals surface area (Å²) < 4.78 is 5.51. The molecule has 28 heavy (non-hydrogen) atoms. The maximum absolute atomic E-state index is 10.4. The lowest BCUT2D eigenvalue weighted by molar-refractivity contribution is 0.414. The molecule has 1 saturated heterocycles. The van der Waals surface area contributed by atoms with E-state index in [-0.39, 0.29) is 5.75 Å². The van der Waals surface area contributed by atoms with Crippen molar-refractivity contribution in [2.45, 2.75) is 25.8 Å². The van der Waals surface area contributed by atoms with Crippen molar-refractivity contribution in [1.29, 1.82) is 0 Å². The molecule has 0 unspecified atom stereocenters. The molecule has 1 aliphatic heterocycles. The maximum Gasteiger partial charge on any atom is 0.245 e. The maximum atomic E-state index is 10.4. The first-order valence-corrected chi connectivity index (χ1v) is 9.61. The van der Waals surface area contributed by atoms with Crippen molar-refractivity contribution >= 4 is 5.95 Å². The second-order valence-corrected chi connectivity index (χ2v) is 7.50. The number of nitrogens with one attached hydrogen (secondary N) is 1. The van der Waals surface area contributed by atoms with Gasteiger partial charge in [-0.1, -0.05) is 0 Å². The van der Waals surface area contributed by atoms with Crippen LogP contribution in [0.3, 0.4) is 0 Å². The van der Waals surface area contributed by atoms with Gasteiger partial charge in [0.1, 0.15) is 17.2 Å². The standard InChI is InChI=1S/C20H22N6O2/c1-12-9-22-19(28-12)14-4-5-15(18(27)8-14)16-10-23-20(25-24-16)26-7-6-21-17(11-26)13-2-3-13/h4-5,8-10,13,17,21,27H,2-3,6-7,11H2,1H3/t17-/m1/s1. The third-order valence-electron chi connectivity index (χ3n) is 5.37. The van der Waals surface area contributed by atoms with Gasteiger partial charge in [0, 0.05) is 36.8 Å². The largest absolute Gasteiger partial charge is 0.507 e. The van der Waals surface area contributed by atoms with E-state index in [1.54, 1.807) is 24.5 Å². The predicted molar refractivity (Wildman–Crippen MR) is 104 cm³/mol. The molecule has 2 N–H and O–H groups in total. The molecule has 2 aliphatic rings. The Morgan fingerprint density at radius 1 is 1.18 bits per heavy atom. The number of hydrogen-bond donors (Lipinski definition) is 2. The van der Waals surface area contributed by atoms with Crippen LogP contribution in [0.1, 0.15) is 18.6 Å². The summed E-state index contributed by atoms with van der Waals surface area (Å²) >= 11 is 0. The smallest absolute Gasteiger partial charge is 0.245 e. The fraction of sp³-hybridized carbons (Fsp3) is 0.400. The number of aryl methyl sites for hydroxylation is 1. The zero-order valence-corrected chi connectivity index (χ0v) is 15.7. The molecule has 2 fully saturated rings. The summed E-state index contributed by atoms with van der Waals surface area (Å²) in [5, 5.41) is 22.6. The molecule has 5 rings (SSSR count). The van der Waals surface area contributed by atoms with Crippen molar-refractivity contribution in [2.24, 2.45) is 5.92 Å². The highest BCUT2D eigenvalue weighted by Gasteiger charge is 2.34. The number of benzene rings is 1. The number of phenols is 1. The topological polar surface area (TPSA) is 100 Å². The van der Waals surface area contributed by atoms with E-state index in [0.717, 1.165) is 31.3 Å². The Kier molecular flexibility index (Phi) is 4.20. The van der Waals surface area contributed by atoms with Gasteiger partial charge in [0.25, 0.3) is 0 Å². The Hall–Kier alpha value is -3.00. The number of phenolic OH excluding ortho intramolecular Hbond substituents is 1. The van der Waals surface area contributed by atoms with Crippen molar-refractivity contribution in [3.63, 3.8) is 0 Å². The van der Waals surface area contributed by atoms with Gasteiger partial charge in [-0.15, -0.1) is 10.2 Å². The van der Waals surface area contributed by atoms with E-state index in [4.69, 9.17) is 4.42 Å². The number of piperazine rings is 1. The van der Waals surface area contributed by atoms with Gasteiger partial charge < -0.3 is 19.7 Å². The van der Waals surface area contributed by atoms with Crippen LogP contribution >= 0.6 is 0 Å². The Morgan fingerprint density at radius 3 is 2.75 bits per heavy atom. The van der Waals surface area contributed by atoms with Crippen molar-refractivity contribution < 1.29 is 9.52 Å². The molecule has 0 bridgehead atoms. The molecule has 144 valence electrons. The first kappa shape index (κ1) is 17.1. The van der Waals surface area contributed by atoms with Crippen molar-refractivity contribution in [3.05, 3.63) is 36.4 Å². The van der Waals surface area contributed by atoms with Gasteiger partial charge in [0.2, 0.25) is 11.8 Å². The van der Waals surface area contributed by atoms with Gasteiger partial charge in [-0.05, 0) is 43.9 Å². The summed E-state index contributed by atoms with van der Waals surface area (Å²) in [6.45, 7) is 4.56. The summed E-state index contributed by atoms with van der Waals surface area (Å²) in [5.41, 5.74) is 1.82. The second-order valence-electron chi connectivity index (χ2n) is 7.50. The molecule has 1 aromatic carbocycles. The van der Waals surface area contributed by atoms with Crippen LogP contribution in [-0.2, 0) is 0 Å². The van der Waals surface area contributed by atoms with Gasteiger partial charge in [-0.2, -0.15) is 0 Å². The number of hydrogen-bond acceptors (Lipinski definition) is 8. The van der Waals surface area contributed by atoms with E-state index >= 15 is 0 Å². The van der Waals surface area contributed by atoms with Crippen LogP contribution in [-0.4, -0.2) is 50.9 Å². The summed E-state index contributed by atoms with van der Waals surface area (Å²) in [7, 11) is 0. The van der Waals surface area contributed by atoms with Gasteiger partial charge >= 0.3 is 0 Å². The molecule has 0 spiro atoms. The molecular formula is C20H22N6O2. The van der Waals surface area contributed by atoms with E-state index in [2.05, 4.69) is 30.4 Å². The highest BCUT2D eigenvalue weighted by Crippen LogP contribution is 2.34. The molecule has 8 nitrogen and oxygen atoms in total. The van der Waals surface area contributed by atoms with Crippen molar-refractivity contribution in [2.75, 3.05) is 24.5 Å². The van der Waals surface area contributed by atoms with E-state index in [1.165, 1.54) is 12.8 Å². The summed E-state index contributed by atoms with van der Waals surface area (Å²) in [6, 6.07) is 5.76. The molecule has 8 heteroatoms. The lowest BCUT2D eigenvalue weighted by Gasteiger charge is -2.33. The van der Waals surface area contributed by atoms with E-state index < -0.39 is 0 Å². The monoisotopic (exact) mass is 378 g/mol. The van der Waals surface area contributed by atoms with Crippen LogP contribution in [0.15, 0.2) is 35.0 Å². The minimum Gasteiger partial charge on any atom is -0.507 e. The highest BCUT2D eigenvalue weighted by molar-refractivity contribution is 5.71. The second kappa shape index (κ2) is 6.87. The number of anilines is 1. The lowest BCUT2D eigenvalue weighted by atomic mass is 10.1. The highest BCUT2D eigenvalue weighted by atomic mass is 16.4. The fourth-order valence-electron chi connectivity index (χ4n) is 3.68. The van der Waals surface area contributed by atoms with Crippen LogP contribution in [0, 0.1) is 12.8 Å².